The maximum Gasteiger partial charge on any atom is 0.137 e. The van der Waals surface area contributed by atoms with Crippen molar-refractivity contribution in [3.05, 3.63) is 115 Å². The minimum Gasteiger partial charge on any atom is -0.456 e. The molecule has 0 saturated heterocycles. The highest BCUT2D eigenvalue weighted by Gasteiger charge is 2.23. The van der Waals surface area contributed by atoms with Gasteiger partial charge in [0.1, 0.15) is 11.2 Å². The number of benzene rings is 6. The third kappa shape index (κ3) is 2.44. The van der Waals surface area contributed by atoms with Gasteiger partial charge in [-0.15, -0.1) is 11.3 Å². The smallest absolute Gasteiger partial charge is 0.137 e. The monoisotopic (exact) mass is 489 g/mol. The number of nitrogens with zero attached hydrogens (tertiary/aromatic N) is 1. The summed E-state index contributed by atoms with van der Waals surface area (Å²) in [5.74, 6) is 0. The van der Waals surface area contributed by atoms with Gasteiger partial charge in [0.2, 0.25) is 0 Å². The number of furan rings is 1. The second-order valence-electron chi connectivity index (χ2n) is 9.67. The summed E-state index contributed by atoms with van der Waals surface area (Å²) in [7, 11) is 0. The van der Waals surface area contributed by atoms with Crippen LogP contribution in [-0.4, -0.2) is 4.57 Å². The van der Waals surface area contributed by atoms with Crippen molar-refractivity contribution in [3.8, 4) is 5.69 Å². The number of thiophene rings is 1. The molecule has 6 aromatic carbocycles. The molecule has 0 bridgehead atoms. The first-order valence-corrected chi connectivity index (χ1v) is 13.4. The lowest BCUT2D eigenvalue weighted by Crippen LogP contribution is -1.95. The molecule has 0 unspecified atom stereocenters. The van der Waals surface area contributed by atoms with Crippen molar-refractivity contribution >= 4 is 86.0 Å². The fraction of sp³-hybridized carbons (Fsp3) is 0. The molecule has 9 rings (SSSR count). The summed E-state index contributed by atoms with van der Waals surface area (Å²) in [6, 6.07) is 41.3. The largest absolute Gasteiger partial charge is 0.456 e. The van der Waals surface area contributed by atoms with Gasteiger partial charge in [-0.3, -0.25) is 0 Å². The summed E-state index contributed by atoms with van der Waals surface area (Å²) in [6.45, 7) is 0. The molecule has 172 valence electrons. The van der Waals surface area contributed by atoms with Crippen molar-refractivity contribution in [1.82, 2.24) is 4.57 Å². The average molecular weight is 490 g/mol. The van der Waals surface area contributed by atoms with Gasteiger partial charge in [0.25, 0.3) is 0 Å². The van der Waals surface area contributed by atoms with Crippen molar-refractivity contribution in [2.45, 2.75) is 0 Å². The molecule has 9 aromatic rings. The highest BCUT2D eigenvalue weighted by molar-refractivity contribution is 7.27. The highest BCUT2D eigenvalue weighted by atomic mass is 32.1. The van der Waals surface area contributed by atoms with E-state index in [2.05, 4.69) is 114 Å². The van der Waals surface area contributed by atoms with Crippen LogP contribution in [0.3, 0.4) is 0 Å². The van der Waals surface area contributed by atoms with Crippen LogP contribution in [0.4, 0.5) is 0 Å². The summed E-state index contributed by atoms with van der Waals surface area (Å²) in [4.78, 5) is 0. The minimum atomic E-state index is 0.915. The van der Waals surface area contributed by atoms with Gasteiger partial charge in [0.05, 0.1) is 26.8 Å². The Morgan fingerprint density at radius 3 is 2.00 bits per heavy atom. The molecule has 0 spiro atoms. The van der Waals surface area contributed by atoms with Crippen LogP contribution in [0.15, 0.2) is 120 Å². The summed E-state index contributed by atoms with van der Waals surface area (Å²) in [5.41, 5.74) is 5.48. The van der Waals surface area contributed by atoms with Crippen LogP contribution in [0.1, 0.15) is 0 Å². The Kier molecular flexibility index (Phi) is 3.70. The van der Waals surface area contributed by atoms with Gasteiger partial charge in [-0.1, -0.05) is 84.9 Å². The Morgan fingerprint density at radius 1 is 0.486 bits per heavy atom. The van der Waals surface area contributed by atoms with E-state index in [0.29, 0.717) is 0 Å². The maximum atomic E-state index is 6.31. The standard InChI is InChI=1S/C34H19NOS/c1-2-11-21-20(10-1)30-22-12-3-6-15-25(22)35(33(30)34-31(21)24-14-5-8-19-29(24)37-34)26-16-9-18-28-32(26)23-13-4-7-17-27(23)36-28/h1-19H. The molecule has 3 aromatic heterocycles. The Morgan fingerprint density at radius 2 is 1.14 bits per heavy atom. The molecule has 0 amide bonds. The van der Waals surface area contributed by atoms with E-state index in [0.717, 1.165) is 27.6 Å². The van der Waals surface area contributed by atoms with Gasteiger partial charge in [0, 0.05) is 31.6 Å². The molecule has 0 aliphatic rings. The number of para-hydroxylation sites is 2. The first-order chi connectivity index (χ1) is 18.4. The molecule has 0 N–H and O–H groups in total. The van der Waals surface area contributed by atoms with Crippen LogP contribution in [0.2, 0.25) is 0 Å². The zero-order valence-corrected chi connectivity index (χ0v) is 20.5. The molecule has 3 heteroatoms. The summed E-state index contributed by atoms with van der Waals surface area (Å²) in [5, 5.41) is 10.2. The Hall–Kier alpha value is -4.60. The van der Waals surface area contributed by atoms with E-state index in [4.69, 9.17) is 4.42 Å². The molecule has 0 saturated carbocycles. The molecule has 2 nitrogen and oxygen atoms in total. The summed E-state index contributed by atoms with van der Waals surface area (Å²) < 4.78 is 11.4. The number of rotatable bonds is 1. The van der Waals surface area contributed by atoms with E-state index >= 15 is 0 Å². The second-order valence-corrected chi connectivity index (χ2v) is 10.7. The number of aromatic nitrogens is 1. The fourth-order valence-corrected chi connectivity index (χ4v) is 7.58. The normalized spacial score (nSPS) is 12.3. The lowest BCUT2D eigenvalue weighted by atomic mass is 9.99. The summed E-state index contributed by atoms with van der Waals surface area (Å²) >= 11 is 1.90. The van der Waals surface area contributed by atoms with Gasteiger partial charge in [0.15, 0.2) is 0 Å². The lowest BCUT2D eigenvalue weighted by molar-refractivity contribution is 0.669. The minimum absolute atomic E-state index is 0.915. The Balaban J connectivity index is 1.63. The highest BCUT2D eigenvalue weighted by Crippen LogP contribution is 2.48. The third-order valence-corrected chi connectivity index (χ3v) is 8.95. The second kappa shape index (κ2) is 7.00. The van der Waals surface area contributed by atoms with Gasteiger partial charge in [-0.05, 0) is 41.1 Å². The summed E-state index contributed by atoms with van der Waals surface area (Å²) in [6.07, 6.45) is 0. The number of hydrogen-bond donors (Lipinski definition) is 0. The number of hydrogen-bond acceptors (Lipinski definition) is 2. The first-order valence-electron chi connectivity index (χ1n) is 12.5. The Labute approximate surface area is 215 Å². The number of fused-ring (bicyclic) bond motifs is 13. The molecule has 3 heterocycles. The molecular formula is C34H19NOS. The lowest BCUT2D eigenvalue weighted by Gasteiger charge is -2.11. The zero-order valence-electron chi connectivity index (χ0n) is 19.7. The van der Waals surface area contributed by atoms with Crippen molar-refractivity contribution in [2.75, 3.05) is 0 Å². The van der Waals surface area contributed by atoms with E-state index in [-0.39, 0.29) is 0 Å². The fourth-order valence-electron chi connectivity index (χ4n) is 6.32. The van der Waals surface area contributed by atoms with Gasteiger partial charge in [-0.2, -0.15) is 0 Å². The molecule has 0 aliphatic heterocycles. The maximum absolute atomic E-state index is 6.31. The predicted molar refractivity (Wildman–Crippen MR) is 158 cm³/mol. The van der Waals surface area contributed by atoms with Crippen LogP contribution in [0.5, 0.6) is 0 Å². The molecule has 0 fully saturated rings. The van der Waals surface area contributed by atoms with Crippen LogP contribution in [0, 0.1) is 0 Å². The quantitative estimate of drug-likeness (QED) is 0.224. The third-order valence-electron chi connectivity index (χ3n) is 7.77. The van der Waals surface area contributed by atoms with E-state index in [1.165, 1.54) is 52.8 Å². The van der Waals surface area contributed by atoms with Crippen LogP contribution in [-0.2, 0) is 0 Å². The molecule has 0 radical (unpaired) electrons. The van der Waals surface area contributed by atoms with E-state index in [1.807, 2.05) is 17.4 Å². The van der Waals surface area contributed by atoms with E-state index in [9.17, 15) is 0 Å². The average Bonchev–Trinajstić information content (AvgIpc) is 3.63. The van der Waals surface area contributed by atoms with Gasteiger partial charge in [-0.25, -0.2) is 0 Å². The van der Waals surface area contributed by atoms with Crippen LogP contribution >= 0.6 is 11.3 Å². The van der Waals surface area contributed by atoms with Gasteiger partial charge >= 0.3 is 0 Å². The van der Waals surface area contributed by atoms with Crippen molar-refractivity contribution < 1.29 is 4.42 Å². The molecule has 37 heavy (non-hydrogen) atoms. The topological polar surface area (TPSA) is 18.1 Å². The van der Waals surface area contributed by atoms with Crippen molar-refractivity contribution in [3.63, 3.8) is 0 Å². The van der Waals surface area contributed by atoms with E-state index in [1.54, 1.807) is 0 Å². The molecular weight excluding hydrogens is 470 g/mol. The van der Waals surface area contributed by atoms with Crippen molar-refractivity contribution in [1.29, 1.82) is 0 Å². The first kappa shape index (κ1) is 19.6. The predicted octanol–water partition coefficient (Wildman–Crippen LogP) is 10.2. The Bertz CT molecular complexity index is 2370. The van der Waals surface area contributed by atoms with E-state index < -0.39 is 0 Å². The zero-order chi connectivity index (χ0) is 24.1. The molecule has 0 aliphatic carbocycles. The van der Waals surface area contributed by atoms with Crippen LogP contribution < -0.4 is 0 Å². The van der Waals surface area contributed by atoms with Gasteiger partial charge < -0.3 is 8.98 Å². The SMILES string of the molecule is c1ccc2c(c1)oc1cccc(-n3c4ccccc4c4c5ccccc5c5c6ccccc6sc5c43)c12. The molecule has 0 atom stereocenters. The van der Waals surface area contributed by atoms with Crippen LogP contribution in [0.25, 0.3) is 80.4 Å². The van der Waals surface area contributed by atoms with Crippen molar-refractivity contribution in [2.24, 2.45) is 0 Å².